The highest BCUT2D eigenvalue weighted by Crippen LogP contribution is 2.55. The second kappa shape index (κ2) is 10.6. The normalized spacial score (nSPS) is 36.8. The lowest BCUT2D eigenvalue weighted by atomic mass is 9.84. The van der Waals surface area contributed by atoms with Crippen LogP contribution in [0.5, 0.6) is 23.0 Å². The maximum Gasteiger partial charge on any atom is 0.302 e. The van der Waals surface area contributed by atoms with Gasteiger partial charge in [0.25, 0.3) is 0 Å². The molecule has 41 heavy (non-hydrogen) atoms. The lowest BCUT2D eigenvalue weighted by molar-refractivity contribution is -0.341. The molecule has 2 aromatic rings. The molecule has 0 saturated carbocycles. The van der Waals surface area contributed by atoms with Gasteiger partial charge in [0, 0.05) is 18.8 Å². The zero-order chi connectivity index (χ0) is 28.2. The molecular weight excluding hydrogens is 544 g/mol. The van der Waals surface area contributed by atoms with Crippen molar-refractivity contribution in [3.05, 3.63) is 47.5 Å². The molecule has 2 aromatic carbocycles. The first-order valence-electron chi connectivity index (χ1n) is 13.4. The van der Waals surface area contributed by atoms with Crippen LogP contribution in [0.3, 0.4) is 0 Å². The van der Waals surface area contributed by atoms with E-state index in [4.69, 9.17) is 42.6 Å². The summed E-state index contributed by atoms with van der Waals surface area (Å²) in [5, 5.41) is 31.7. The van der Waals surface area contributed by atoms with E-state index in [0.29, 0.717) is 29.6 Å². The Hall–Kier alpha value is -3.17. The largest absolute Gasteiger partial charge is 0.463 e. The van der Waals surface area contributed by atoms with Crippen molar-refractivity contribution in [1.82, 2.24) is 0 Å². The first kappa shape index (κ1) is 26.7. The minimum atomic E-state index is -1.61. The summed E-state index contributed by atoms with van der Waals surface area (Å²) in [6, 6.07) is 11.2. The molecule has 5 heterocycles. The van der Waals surface area contributed by atoms with Crippen LogP contribution in [0.4, 0.5) is 0 Å². The van der Waals surface area contributed by atoms with Crippen molar-refractivity contribution in [3.63, 3.8) is 0 Å². The van der Waals surface area contributed by atoms with Gasteiger partial charge in [-0.25, -0.2) is 0 Å². The molecule has 0 radical (unpaired) electrons. The molecule has 3 N–H and O–H groups in total. The van der Waals surface area contributed by atoms with E-state index < -0.39 is 55.2 Å². The molecule has 3 saturated heterocycles. The first-order chi connectivity index (χ1) is 19.9. The van der Waals surface area contributed by atoms with Crippen LogP contribution in [0.1, 0.15) is 30.3 Å². The summed E-state index contributed by atoms with van der Waals surface area (Å²) in [6.07, 6.45) is -9.12. The summed E-state index contributed by atoms with van der Waals surface area (Å²) < 4.78 is 51.9. The molecule has 10 atom stereocenters. The molecule has 0 unspecified atom stereocenters. The summed E-state index contributed by atoms with van der Waals surface area (Å²) >= 11 is 0. The van der Waals surface area contributed by atoms with Crippen LogP contribution < -0.4 is 18.9 Å². The van der Waals surface area contributed by atoms with Gasteiger partial charge in [-0.2, -0.15) is 0 Å². The Bertz CT molecular complexity index is 1250. The second-order valence-corrected chi connectivity index (χ2v) is 10.6. The monoisotopic (exact) mass is 574 g/mol. The van der Waals surface area contributed by atoms with Gasteiger partial charge in [-0.15, -0.1) is 0 Å². The van der Waals surface area contributed by atoms with E-state index in [1.165, 1.54) is 6.92 Å². The molecule has 220 valence electrons. The highest BCUT2D eigenvalue weighted by molar-refractivity contribution is 5.65. The van der Waals surface area contributed by atoms with E-state index in [9.17, 15) is 20.1 Å². The van der Waals surface area contributed by atoms with Crippen LogP contribution in [0.25, 0.3) is 0 Å². The molecule has 3 fully saturated rings. The maximum atomic E-state index is 11.3. The molecule has 0 spiro atoms. The Morgan fingerprint density at radius 3 is 2.10 bits per heavy atom. The molecule has 5 aliphatic heterocycles. The third kappa shape index (κ3) is 4.77. The first-order valence-corrected chi connectivity index (χ1v) is 13.4. The average Bonchev–Trinajstić information content (AvgIpc) is 3.76. The summed E-state index contributed by atoms with van der Waals surface area (Å²) in [4.78, 5) is 11.3. The number of carbonyl (C=O) groups excluding carboxylic acids is 1. The van der Waals surface area contributed by atoms with Crippen molar-refractivity contribution in [1.29, 1.82) is 0 Å². The Morgan fingerprint density at radius 1 is 0.805 bits per heavy atom. The number of hydrogen-bond donors (Lipinski definition) is 3. The van der Waals surface area contributed by atoms with Gasteiger partial charge < -0.3 is 58.0 Å². The Balaban J connectivity index is 1.18. The van der Waals surface area contributed by atoms with E-state index in [1.807, 2.05) is 36.4 Å². The zero-order valence-corrected chi connectivity index (χ0v) is 22.0. The van der Waals surface area contributed by atoms with E-state index >= 15 is 0 Å². The molecule has 7 rings (SSSR count). The van der Waals surface area contributed by atoms with Crippen molar-refractivity contribution in [2.24, 2.45) is 11.8 Å². The summed E-state index contributed by atoms with van der Waals surface area (Å²) in [6.45, 7) is 1.51. The standard InChI is InChI=1S/C28H30O13/c1-12(29)33-9-20-22(30)23(31)24(32)28(39-20)41-27-21-15(25(40-27)13-2-4-16-18(6-13)37-10-35-16)8-34-26(21)14-3-5-17-19(7-14)38-11-36-17/h2-7,15,20-28,30-32H,8-11H2,1H3/t15-,20+,21-,22+,23-,24+,25-,26-,27-,28-/m0/s1. The number of aliphatic hydroxyl groups is 3. The van der Waals surface area contributed by atoms with Gasteiger partial charge in [-0.3, -0.25) is 4.79 Å². The molecular formula is C28H30O13. The number of rotatable bonds is 6. The van der Waals surface area contributed by atoms with Crippen LogP contribution in [0.15, 0.2) is 36.4 Å². The quantitative estimate of drug-likeness (QED) is 0.419. The lowest BCUT2D eigenvalue weighted by Crippen LogP contribution is -2.60. The Kier molecular flexibility index (Phi) is 6.90. The Morgan fingerprint density at radius 2 is 1.44 bits per heavy atom. The van der Waals surface area contributed by atoms with Gasteiger partial charge in [-0.1, -0.05) is 12.1 Å². The van der Waals surface area contributed by atoms with Gasteiger partial charge >= 0.3 is 5.97 Å². The highest BCUT2D eigenvalue weighted by atomic mass is 16.8. The molecule has 5 aliphatic rings. The van der Waals surface area contributed by atoms with Crippen molar-refractivity contribution < 1.29 is 62.7 Å². The van der Waals surface area contributed by atoms with Crippen LogP contribution in [0.2, 0.25) is 0 Å². The SMILES string of the molecule is CC(=O)OC[C@H]1O[C@@H](O[C@@H]2O[C@@H](c3ccc4c(c3)OCO4)[C@H]3CO[C@@H](c4ccc5c(c4)OCO5)[C@@H]23)[C@H](O)[C@@H](O)[C@@H]1O. The second-order valence-electron chi connectivity index (χ2n) is 10.6. The van der Waals surface area contributed by atoms with Gasteiger partial charge in [0.05, 0.1) is 18.8 Å². The number of aliphatic hydroxyl groups excluding tert-OH is 3. The fourth-order valence-electron chi connectivity index (χ4n) is 6.08. The van der Waals surface area contributed by atoms with Gasteiger partial charge in [0.1, 0.15) is 31.0 Å². The van der Waals surface area contributed by atoms with Gasteiger partial charge in [0.2, 0.25) is 13.6 Å². The smallest absolute Gasteiger partial charge is 0.302 e. The van der Waals surface area contributed by atoms with Crippen molar-refractivity contribution in [2.45, 2.75) is 56.1 Å². The minimum Gasteiger partial charge on any atom is -0.463 e. The minimum absolute atomic E-state index is 0.136. The number of fused-ring (bicyclic) bond motifs is 3. The molecule has 0 amide bonds. The highest BCUT2D eigenvalue weighted by Gasteiger charge is 2.56. The summed E-state index contributed by atoms with van der Waals surface area (Å²) in [5.41, 5.74) is 1.66. The van der Waals surface area contributed by atoms with Crippen molar-refractivity contribution >= 4 is 5.97 Å². The topological polar surface area (TPSA) is 161 Å². The third-order valence-corrected chi connectivity index (χ3v) is 8.13. The number of esters is 1. The van der Waals surface area contributed by atoms with Crippen LogP contribution in [-0.4, -0.2) is 85.1 Å². The average molecular weight is 575 g/mol. The molecule has 13 heteroatoms. The molecule has 0 aliphatic carbocycles. The predicted molar refractivity (Wildman–Crippen MR) is 133 cm³/mol. The fourth-order valence-corrected chi connectivity index (χ4v) is 6.08. The van der Waals surface area contributed by atoms with Crippen LogP contribution in [-0.2, 0) is 28.5 Å². The molecule has 13 nitrogen and oxygen atoms in total. The third-order valence-electron chi connectivity index (χ3n) is 8.13. The van der Waals surface area contributed by atoms with Gasteiger partial charge in [0.15, 0.2) is 35.6 Å². The molecule has 0 aromatic heterocycles. The van der Waals surface area contributed by atoms with E-state index in [-0.39, 0.29) is 32.0 Å². The van der Waals surface area contributed by atoms with Crippen molar-refractivity contribution in [2.75, 3.05) is 26.8 Å². The van der Waals surface area contributed by atoms with Gasteiger partial charge in [-0.05, 0) is 35.4 Å². The molecule has 0 bridgehead atoms. The van der Waals surface area contributed by atoms with E-state index in [2.05, 4.69) is 0 Å². The number of carbonyl (C=O) groups is 1. The fraction of sp³-hybridized carbons (Fsp3) is 0.536. The number of hydrogen-bond acceptors (Lipinski definition) is 13. The lowest BCUT2D eigenvalue weighted by Gasteiger charge is -2.41. The van der Waals surface area contributed by atoms with E-state index in [0.717, 1.165) is 11.1 Å². The summed E-state index contributed by atoms with van der Waals surface area (Å²) in [5.74, 6) is 1.39. The van der Waals surface area contributed by atoms with E-state index in [1.54, 1.807) is 0 Å². The Labute approximate surface area is 234 Å². The van der Waals surface area contributed by atoms with Crippen molar-refractivity contribution in [3.8, 4) is 23.0 Å². The summed E-state index contributed by atoms with van der Waals surface area (Å²) in [7, 11) is 0. The van der Waals surface area contributed by atoms with Crippen LogP contribution >= 0.6 is 0 Å². The number of benzene rings is 2. The predicted octanol–water partition coefficient (Wildman–Crippen LogP) is 0.933. The maximum absolute atomic E-state index is 11.3. The number of ether oxygens (including phenoxy) is 9. The zero-order valence-electron chi connectivity index (χ0n) is 22.0. The van der Waals surface area contributed by atoms with Crippen LogP contribution in [0, 0.1) is 11.8 Å².